The Kier molecular flexibility index (Phi) is 3.53. The molecular formula is C11H14ClNO. The Bertz CT molecular complexity index is 334. The van der Waals surface area contributed by atoms with Crippen molar-refractivity contribution in [2.45, 2.75) is 18.8 Å². The number of halogens is 1. The molecule has 1 saturated carbocycles. The van der Waals surface area contributed by atoms with E-state index in [-0.39, 0.29) is 18.3 Å². The van der Waals surface area contributed by atoms with Crippen LogP contribution in [0.15, 0.2) is 24.3 Å². The highest BCUT2D eigenvalue weighted by molar-refractivity contribution is 5.91. The van der Waals surface area contributed by atoms with Gasteiger partial charge in [0.25, 0.3) is 0 Å². The maximum absolute atomic E-state index is 7.51. The van der Waals surface area contributed by atoms with Crippen LogP contribution in [-0.4, -0.2) is 13.0 Å². The fraction of sp³-hybridized carbons (Fsp3) is 0.364. The molecule has 0 spiro atoms. The number of hydrogen-bond acceptors (Lipinski definition) is 2. The fourth-order valence-corrected chi connectivity index (χ4v) is 1.47. The summed E-state index contributed by atoms with van der Waals surface area (Å²) in [6.45, 7) is 0. The van der Waals surface area contributed by atoms with E-state index in [4.69, 9.17) is 10.1 Å². The van der Waals surface area contributed by atoms with E-state index in [1.54, 1.807) is 0 Å². The maximum atomic E-state index is 7.51. The highest BCUT2D eigenvalue weighted by Crippen LogP contribution is 2.40. The fourth-order valence-electron chi connectivity index (χ4n) is 1.47. The normalized spacial score (nSPS) is 14.4. The lowest BCUT2D eigenvalue weighted by atomic mass is 10.1. The van der Waals surface area contributed by atoms with Crippen molar-refractivity contribution in [3.63, 3.8) is 0 Å². The van der Waals surface area contributed by atoms with Crippen LogP contribution < -0.4 is 0 Å². The van der Waals surface area contributed by atoms with Gasteiger partial charge in [0.15, 0.2) is 0 Å². The molecule has 2 rings (SSSR count). The minimum atomic E-state index is 0. The van der Waals surface area contributed by atoms with Crippen LogP contribution in [-0.2, 0) is 4.74 Å². The van der Waals surface area contributed by atoms with Gasteiger partial charge in [-0.3, -0.25) is 5.41 Å². The lowest BCUT2D eigenvalue weighted by Crippen LogP contribution is -2.01. The van der Waals surface area contributed by atoms with Gasteiger partial charge in [-0.2, -0.15) is 0 Å². The summed E-state index contributed by atoms with van der Waals surface area (Å²) in [4.78, 5) is 0. The topological polar surface area (TPSA) is 33.1 Å². The van der Waals surface area contributed by atoms with Crippen LogP contribution in [0.4, 0.5) is 0 Å². The summed E-state index contributed by atoms with van der Waals surface area (Å²) in [6.07, 6.45) is 2.59. The van der Waals surface area contributed by atoms with Crippen molar-refractivity contribution in [3.05, 3.63) is 35.4 Å². The highest BCUT2D eigenvalue weighted by Gasteiger charge is 2.23. The van der Waals surface area contributed by atoms with E-state index in [2.05, 4.69) is 12.1 Å². The van der Waals surface area contributed by atoms with E-state index >= 15 is 0 Å². The average Bonchev–Trinajstić information content (AvgIpc) is 3.00. The molecular weight excluding hydrogens is 198 g/mol. The highest BCUT2D eigenvalue weighted by atomic mass is 35.5. The largest absolute Gasteiger partial charge is 0.481 e. The molecule has 0 saturated heterocycles. The van der Waals surface area contributed by atoms with Gasteiger partial charge in [-0.15, -0.1) is 12.4 Å². The average molecular weight is 212 g/mol. The number of nitrogens with one attached hydrogen (secondary N) is 1. The SMILES string of the molecule is COC(=N)c1cccc(C2CC2)c1.Cl. The Morgan fingerprint density at radius 3 is 2.71 bits per heavy atom. The van der Waals surface area contributed by atoms with Crippen LogP contribution in [0.5, 0.6) is 0 Å². The van der Waals surface area contributed by atoms with E-state index in [9.17, 15) is 0 Å². The molecule has 1 fully saturated rings. The first-order valence-corrected chi connectivity index (χ1v) is 4.54. The summed E-state index contributed by atoms with van der Waals surface area (Å²) in [6, 6.07) is 8.10. The molecule has 0 bridgehead atoms. The molecule has 14 heavy (non-hydrogen) atoms. The molecule has 1 aliphatic carbocycles. The summed E-state index contributed by atoms with van der Waals surface area (Å²) in [7, 11) is 1.53. The molecule has 0 heterocycles. The smallest absolute Gasteiger partial charge is 0.212 e. The Hall–Kier alpha value is -1.02. The third-order valence-electron chi connectivity index (χ3n) is 2.40. The van der Waals surface area contributed by atoms with E-state index in [1.165, 1.54) is 25.5 Å². The van der Waals surface area contributed by atoms with E-state index in [0.717, 1.165) is 11.5 Å². The minimum Gasteiger partial charge on any atom is -0.481 e. The summed E-state index contributed by atoms with van der Waals surface area (Å²) in [5.41, 5.74) is 2.23. The molecule has 0 radical (unpaired) electrons. The predicted molar refractivity (Wildman–Crippen MR) is 59.5 cm³/mol. The van der Waals surface area contributed by atoms with Gasteiger partial charge in [0.2, 0.25) is 5.90 Å². The van der Waals surface area contributed by atoms with Crippen molar-refractivity contribution in [2.24, 2.45) is 0 Å². The second kappa shape index (κ2) is 4.47. The van der Waals surface area contributed by atoms with Crippen molar-refractivity contribution in [1.82, 2.24) is 0 Å². The van der Waals surface area contributed by atoms with Crippen LogP contribution in [0.3, 0.4) is 0 Å². The van der Waals surface area contributed by atoms with Crippen LogP contribution in [0.25, 0.3) is 0 Å². The molecule has 1 aliphatic rings. The van der Waals surface area contributed by atoms with Crippen molar-refractivity contribution >= 4 is 18.3 Å². The molecule has 1 aromatic rings. The van der Waals surface area contributed by atoms with E-state index in [0.29, 0.717) is 0 Å². The van der Waals surface area contributed by atoms with Crippen LogP contribution >= 0.6 is 12.4 Å². The van der Waals surface area contributed by atoms with Crippen LogP contribution in [0.2, 0.25) is 0 Å². The molecule has 0 amide bonds. The molecule has 2 nitrogen and oxygen atoms in total. The summed E-state index contributed by atoms with van der Waals surface area (Å²) in [5.74, 6) is 0.993. The van der Waals surface area contributed by atoms with Gasteiger partial charge in [0.05, 0.1) is 7.11 Å². The van der Waals surface area contributed by atoms with Crippen LogP contribution in [0, 0.1) is 5.41 Å². The molecule has 0 unspecified atom stereocenters. The lowest BCUT2D eigenvalue weighted by molar-refractivity contribution is 0.401. The minimum absolute atomic E-state index is 0. The van der Waals surface area contributed by atoms with E-state index < -0.39 is 0 Å². The first kappa shape index (κ1) is 11.1. The second-order valence-corrected chi connectivity index (χ2v) is 3.43. The Morgan fingerprint density at radius 2 is 2.14 bits per heavy atom. The van der Waals surface area contributed by atoms with Gasteiger partial charge in [0, 0.05) is 5.56 Å². The predicted octanol–water partition coefficient (Wildman–Crippen LogP) is 2.96. The zero-order valence-corrected chi connectivity index (χ0v) is 8.93. The van der Waals surface area contributed by atoms with Crippen molar-refractivity contribution in [1.29, 1.82) is 5.41 Å². The van der Waals surface area contributed by atoms with Crippen molar-refractivity contribution in [3.8, 4) is 0 Å². The lowest BCUT2D eigenvalue weighted by Gasteiger charge is -2.04. The number of hydrogen-bond donors (Lipinski definition) is 1. The number of benzene rings is 1. The van der Waals surface area contributed by atoms with Gasteiger partial charge < -0.3 is 4.74 Å². The third kappa shape index (κ3) is 2.26. The number of rotatable bonds is 2. The molecule has 0 aliphatic heterocycles. The maximum Gasteiger partial charge on any atom is 0.212 e. The summed E-state index contributed by atoms with van der Waals surface area (Å²) < 4.78 is 4.87. The first-order chi connectivity index (χ1) is 6.31. The molecule has 3 heteroatoms. The van der Waals surface area contributed by atoms with Gasteiger partial charge in [-0.05, 0) is 36.5 Å². The van der Waals surface area contributed by atoms with Crippen molar-refractivity contribution in [2.75, 3.05) is 7.11 Å². The Morgan fingerprint density at radius 1 is 1.43 bits per heavy atom. The second-order valence-electron chi connectivity index (χ2n) is 3.43. The Balaban J connectivity index is 0.000000980. The number of methoxy groups -OCH3 is 1. The quantitative estimate of drug-likeness (QED) is 0.592. The number of ether oxygens (including phenoxy) is 1. The summed E-state index contributed by atoms with van der Waals surface area (Å²) >= 11 is 0. The monoisotopic (exact) mass is 211 g/mol. The van der Waals surface area contributed by atoms with Gasteiger partial charge in [-0.25, -0.2) is 0 Å². The Labute approximate surface area is 90.2 Å². The molecule has 0 aromatic heterocycles. The van der Waals surface area contributed by atoms with Crippen molar-refractivity contribution < 1.29 is 4.74 Å². The molecule has 0 atom stereocenters. The molecule has 76 valence electrons. The third-order valence-corrected chi connectivity index (χ3v) is 2.40. The zero-order valence-electron chi connectivity index (χ0n) is 8.12. The standard InChI is InChI=1S/C11H13NO.ClH/c1-13-11(12)10-4-2-3-9(7-10)8-5-6-8;/h2-4,7-8,12H,5-6H2,1H3;1H. The van der Waals surface area contributed by atoms with Gasteiger partial charge in [-0.1, -0.05) is 12.1 Å². The van der Waals surface area contributed by atoms with Crippen LogP contribution in [0.1, 0.15) is 29.9 Å². The first-order valence-electron chi connectivity index (χ1n) is 4.54. The zero-order chi connectivity index (χ0) is 9.26. The van der Waals surface area contributed by atoms with Gasteiger partial charge >= 0.3 is 0 Å². The van der Waals surface area contributed by atoms with Gasteiger partial charge in [0.1, 0.15) is 0 Å². The molecule has 1 N–H and O–H groups in total. The summed E-state index contributed by atoms with van der Waals surface area (Å²) in [5, 5.41) is 7.51. The van der Waals surface area contributed by atoms with E-state index in [1.807, 2.05) is 12.1 Å². The molecule has 1 aromatic carbocycles.